The van der Waals surface area contributed by atoms with Crippen LogP contribution in [0.3, 0.4) is 0 Å². The van der Waals surface area contributed by atoms with Gasteiger partial charge in [-0.05, 0) is 98.9 Å². The van der Waals surface area contributed by atoms with E-state index in [1.165, 1.54) is 61.8 Å². The van der Waals surface area contributed by atoms with Gasteiger partial charge >= 0.3 is 0 Å². The number of hydrogen-bond acceptors (Lipinski definition) is 2. The van der Waals surface area contributed by atoms with Crippen molar-refractivity contribution in [1.82, 2.24) is 15.2 Å². The van der Waals surface area contributed by atoms with Crippen molar-refractivity contribution in [1.29, 1.82) is 0 Å². The number of para-hydroxylation sites is 1. The third-order valence-corrected chi connectivity index (χ3v) is 7.91. The maximum absolute atomic E-state index is 12.3. The van der Waals surface area contributed by atoms with E-state index in [0.717, 1.165) is 24.3 Å². The smallest absolute Gasteiger partial charge is 0.244 e. The van der Waals surface area contributed by atoms with Gasteiger partial charge in [0.2, 0.25) is 5.91 Å². The first-order chi connectivity index (χ1) is 16.6. The van der Waals surface area contributed by atoms with E-state index in [2.05, 4.69) is 45.7 Å². The van der Waals surface area contributed by atoms with Crippen molar-refractivity contribution in [2.75, 3.05) is 19.6 Å². The van der Waals surface area contributed by atoms with Gasteiger partial charge in [-0.15, -0.1) is 0 Å². The molecule has 1 aliphatic carbocycles. The molecule has 0 atom stereocenters. The Morgan fingerprint density at radius 2 is 1.74 bits per heavy atom. The lowest BCUT2D eigenvalue weighted by molar-refractivity contribution is -0.117. The van der Waals surface area contributed by atoms with Crippen molar-refractivity contribution >= 4 is 34.5 Å². The largest absolute Gasteiger partial charge is 0.361 e. The van der Waals surface area contributed by atoms with Gasteiger partial charge in [-0.2, -0.15) is 0 Å². The Kier molecular flexibility index (Phi) is 7.36. The Morgan fingerprint density at radius 3 is 2.50 bits per heavy atom. The molecule has 1 saturated heterocycles. The molecule has 0 unspecified atom stereocenters. The molecule has 4 nitrogen and oxygen atoms in total. The number of aromatic amines is 1. The van der Waals surface area contributed by atoms with Gasteiger partial charge in [0.05, 0.1) is 0 Å². The highest BCUT2D eigenvalue weighted by atomic mass is 35.5. The summed E-state index contributed by atoms with van der Waals surface area (Å²) in [6.07, 6.45) is 12.8. The number of aromatic nitrogens is 1. The van der Waals surface area contributed by atoms with Crippen molar-refractivity contribution in [3.8, 4) is 0 Å². The van der Waals surface area contributed by atoms with Crippen LogP contribution >= 0.6 is 11.6 Å². The number of hydrogen-bond donors (Lipinski definition) is 2. The number of nitrogens with one attached hydrogen (secondary N) is 2. The number of carbonyl (C=O) groups is 1. The first-order valence-corrected chi connectivity index (χ1v) is 13.0. The van der Waals surface area contributed by atoms with Crippen molar-refractivity contribution in [2.45, 2.75) is 50.5 Å². The molecule has 2 N–H and O–H groups in total. The second-order valence-electron chi connectivity index (χ2n) is 9.98. The zero-order valence-electron chi connectivity index (χ0n) is 19.7. The Balaban J connectivity index is 1.03. The second kappa shape index (κ2) is 10.8. The van der Waals surface area contributed by atoms with Crippen LogP contribution in [-0.2, 0) is 4.79 Å². The van der Waals surface area contributed by atoms with E-state index in [4.69, 9.17) is 11.6 Å². The van der Waals surface area contributed by atoms with Gasteiger partial charge in [-0.1, -0.05) is 41.9 Å². The molecule has 5 heteroatoms. The maximum Gasteiger partial charge on any atom is 0.244 e. The molecule has 34 heavy (non-hydrogen) atoms. The number of piperidine rings is 1. The van der Waals surface area contributed by atoms with Crippen LogP contribution in [0.4, 0.5) is 0 Å². The maximum atomic E-state index is 12.3. The molecule has 0 radical (unpaired) electrons. The highest BCUT2D eigenvalue weighted by Crippen LogP contribution is 2.34. The second-order valence-corrected chi connectivity index (χ2v) is 10.4. The Hall–Kier alpha value is -2.56. The molecule has 2 aromatic carbocycles. The summed E-state index contributed by atoms with van der Waals surface area (Å²) in [6, 6.07) is 16.5. The predicted octanol–water partition coefficient (Wildman–Crippen LogP) is 6.39. The number of halogens is 1. The monoisotopic (exact) mass is 475 g/mol. The number of carbonyl (C=O) groups excluding carboxylic acids is 1. The van der Waals surface area contributed by atoms with Crippen LogP contribution in [0.25, 0.3) is 17.0 Å². The summed E-state index contributed by atoms with van der Waals surface area (Å²) in [4.78, 5) is 18.4. The van der Waals surface area contributed by atoms with Crippen molar-refractivity contribution in [2.24, 2.45) is 5.92 Å². The first kappa shape index (κ1) is 23.2. The quantitative estimate of drug-likeness (QED) is 0.406. The van der Waals surface area contributed by atoms with Crippen molar-refractivity contribution in [3.63, 3.8) is 0 Å². The zero-order valence-corrected chi connectivity index (χ0v) is 20.4. The predicted molar refractivity (Wildman–Crippen MR) is 141 cm³/mol. The summed E-state index contributed by atoms with van der Waals surface area (Å²) in [6.45, 7) is 3.59. The average Bonchev–Trinajstić information content (AvgIpc) is 3.30. The molecule has 0 bridgehead atoms. The van der Waals surface area contributed by atoms with E-state index in [9.17, 15) is 4.79 Å². The molecule has 2 fully saturated rings. The molecule has 178 valence electrons. The van der Waals surface area contributed by atoms with Gasteiger partial charge in [-0.3, -0.25) is 4.79 Å². The summed E-state index contributed by atoms with van der Waals surface area (Å²) in [7, 11) is 0. The normalized spacial score (nSPS) is 22.4. The molecular formula is C29H34ClN3O. The fraction of sp³-hybridized carbons (Fsp3) is 0.414. The van der Waals surface area contributed by atoms with Crippen molar-refractivity contribution in [3.05, 3.63) is 77.0 Å². The van der Waals surface area contributed by atoms with Crippen LogP contribution in [-0.4, -0.2) is 41.5 Å². The summed E-state index contributed by atoms with van der Waals surface area (Å²) in [5.74, 6) is 1.42. The van der Waals surface area contributed by atoms with Gasteiger partial charge in [0.15, 0.2) is 0 Å². The van der Waals surface area contributed by atoms with E-state index in [1.54, 1.807) is 6.08 Å². The van der Waals surface area contributed by atoms with Crippen LogP contribution in [0, 0.1) is 5.92 Å². The zero-order chi connectivity index (χ0) is 23.3. The van der Waals surface area contributed by atoms with Crippen LogP contribution < -0.4 is 5.32 Å². The summed E-state index contributed by atoms with van der Waals surface area (Å²) in [5, 5.41) is 5.29. The van der Waals surface area contributed by atoms with E-state index in [-0.39, 0.29) is 5.91 Å². The minimum atomic E-state index is -0.00208. The molecular weight excluding hydrogens is 442 g/mol. The minimum Gasteiger partial charge on any atom is -0.361 e. The van der Waals surface area contributed by atoms with Gasteiger partial charge in [0, 0.05) is 40.8 Å². The highest BCUT2D eigenvalue weighted by molar-refractivity contribution is 6.30. The average molecular weight is 476 g/mol. The molecule has 1 aromatic heterocycles. The minimum absolute atomic E-state index is 0.00208. The number of fused-ring (bicyclic) bond motifs is 1. The van der Waals surface area contributed by atoms with Crippen LogP contribution in [0.15, 0.2) is 60.8 Å². The Bertz CT molecular complexity index is 1120. The summed E-state index contributed by atoms with van der Waals surface area (Å²) in [5.41, 5.74) is 3.73. The number of likely N-dealkylation sites (tertiary alicyclic amines) is 1. The van der Waals surface area contributed by atoms with Gasteiger partial charge in [0.25, 0.3) is 0 Å². The fourth-order valence-electron chi connectivity index (χ4n) is 5.71. The third-order valence-electron chi connectivity index (χ3n) is 7.66. The van der Waals surface area contributed by atoms with Crippen LogP contribution in [0.1, 0.15) is 55.6 Å². The SMILES string of the molecule is O=C(/C=C/c1ccc(Cl)cc1)NC1CCC(CN2CCC(c3c[nH]c4ccccc34)CC2)CC1. The molecule has 2 aliphatic rings. The van der Waals surface area contributed by atoms with Gasteiger partial charge in [0.1, 0.15) is 0 Å². The van der Waals surface area contributed by atoms with Gasteiger partial charge < -0.3 is 15.2 Å². The number of nitrogens with zero attached hydrogens (tertiary/aromatic N) is 1. The molecule has 2 heterocycles. The fourth-order valence-corrected chi connectivity index (χ4v) is 5.83. The number of benzene rings is 2. The van der Waals surface area contributed by atoms with E-state index < -0.39 is 0 Å². The number of H-pyrrole nitrogens is 1. The van der Waals surface area contributed by atoms with E-state index >= 15 is 0 Å². The van der Waals surface area contributed by atoms with E-state index in [0.29, 0.717) is 17.0 Å². The third kappa shape index (κ3) is 5.73. The molecule has 1 saturated carbocycles. The topological polar surface area (TPSA) is 48.1 Å². The molecule has 1 aliphatic heterocycles. The molecule has 3 aromatic rings. The highest BCUT2D eigenvalue weighted by Gasteiger charge is 2.27. The number of amides is 1. The summed E-state index contributed by atoms with van der Waals surface area (Å²) < 4.78 is 0. The standard InChI is InChI=1S/C29H34ClN3O/c30-24-10-5-21(6-11-24)9-14-29(34)32-25-12-7-22(8-13-25)20-33-17-15-23(16-18-33)27-19-31-28-4-2-1-3-26(27)28/h1-6,9-11,14,19,22-23,25,31H,7-8,12-13,15-18,20H2,(H,32,34)/b14-9+. The molecule has 1 amide bonds. The lowest BCUT2D eigenvalue weighted by Gasteiger charge is -2.36. The summed E-state index contributed by atoms with van der Waals surface area (Å²) >= 11 is 5.92. The molecule has 5 rings (SSSR count). The van der Waals surface area contributed by atoms with Crippen LogP contribution in [0.2, 0.25) is 5.02 Å². The van der Waals surface area contributed by atoms with Gasteiger partial charge in [-0.25, -0.2) is 0 Å². The lowest BCUT2D eigenvalue weighted by Crippen LogP contribution is -2.41. The first-order valence-electron chi connectivity index (χ1n) is 12.7. The lowest BCUT2D eigenvalue weighted by atomic mass is 9.84. The molecule has 0 spiro atoms. The number of rotatable bonds is 6. The Labute approximate surface area is 207 Å². The Morgan fingerprint density at radius 1 is 1.00 bits per heavy atom. The van der Waals surface area contributed by atoms with Crippen molar-refractivity contribution < 1.29 is 4.79 Å². The van der Waals surface area contributed by atoms with Crippen LogP contribution in [0.5, 0.6) is 0 Å². The van der Waals surface area contributed by atoms with E-state index in [1.807, 2.05) is 30.3 Å².